The second-order valence-corrected chi connectivity index (χ2v) is 6.17. The van der Waals surface area contributed by atoms with Gasteiger partial charge in [0.25, 0.3) is 0 Å². The standard InChI is InChI=1S/C16H30N2O2/c1-5-14(6-2)16(20)18-9-7-8-17(10-11-18)15(19)12-13(3)4/h13-14H,5-12H2,1-4H3. The molecule has 0 bridgehead atoms. The lowest BCUT2D eigenvalue weighted by Crippen LogP contribution is -2.40. The van der Waals surface area contributed by atoms with Crippen LogP contribution in [0.1, 0.15) is 53.4 Å². The summed E-state index contributed by atoms with van der Waals surface area (Å²) in [6, 6.07) is 0. The van der Waals surface area contributed by atoms with E-state index < -0.39 is 0 Å². The third-order valence-electron chi connectivity index (χ3n) is 4.08. The summed E-state index contributed by atoms with van der Waals surface area (Å²) in [6.07, 6.45) is 3.32. The van der Waals surface area contributed by atoms with Gasteiger partial charge in [0.15, 0.2) is 0 Å². The molecule has 0 aromatic carbocycles. The van der Waals surface area contributed by atoms with E-state index in [4.69, 9.17) is 0 Å². The van der Waals surface area contributed by atoms with Crippen molar-refractivity contribution in [3.63, 3.8) is 0 Å². The first-order valence-corrected chi connectivity index (χ1v) is 8.06. The van der Waals surface area contributed by atoms with Crippen LogP contribution in [-0.4, -0.2) is 47.8 Å². The van der Waals surface area contributed by atoms with Gasteiger partial charge in [0.05, 0.1) is 0 Å². The van der Waals surface area contributed by atoms with Crippen molar-refractivity contribution in [1.29, 1.82) is 0 Å². The molecule has 1 rings (SSSR count). The van der Waals surface area contributed by atoms with Crippen LogP contribution in [0.2, 0.25) is 0 Å². The second kappa shape index (κ2) is 8.28. The predicted molar refractivity (Wildman–Crippen MR) is 81.3 cm³/mol. The third kappa shape index (κ3) is 4.80. The first kappa shape index (κ1) is 17.0. The highest BCUT2D eigenvalue weighted by molar-refractivity contribution is 5.79. The predicted octanol–water partition coefficient (Wildman–Crippen LogP) is 2.53. The molecule has 1 fully saturated rings. The van der Waals surface area contributed by atoms with Crippen molar-refractivity contribution >= 4 is 11.8 Å². The van der Waals surface area contributed by atoms with E-state index in [0.717, 1.165) is 32.4 Å². The number of nitrogens with zero attached hydrogens (tertiary/aromatic N) is 2. The molecule has 1 aliphatic rings. The topological polar surface area (TPSA) is 40.6 Å². The van der Waals surface area contributed by atoms with Crippen molar-refractivity contribution < 1.29 is 9.59 Å². The van der Waals surface area contributed by atoms with Gasteiger partial charge in [0, 0.05) is 38.5 Å². The van der Waals surface area contributed by atoms with Gasteiger partial charge in [-0.15, -0.1) is 0 Å². The summed E-state index contributed by atoms with van der Waals surface area (Å²) in [5, 5.41) is 0. The fourth-order valence-electron chi connectivity index (χ4n) is 2.76. The lowest BCUT2D eigenvalue weighted by Gasteiger charge is -2.25. The van der Waals surface area contributed by atoms with Crippen molar-refractivity contribution in [1.82, 2.24) is 9.80 Å². The maximum atomic E-state index is 12.4. The van der Waals surface area contributed by atoms with Crippen molar-refractivity contribution in [2.75, 3.05) is 26.2 Å². The van der Waals surface area contributed by atoms with Crippen molar-refractivity contribution in [3.8, 4) is 0 Å². The molecule has 1 heterocycles. The van der Waals surface area contributed by atoms with Crippen LogP contribution in [0.25, 0.3) is 0 Å². The van der Waals surface area contributed by atoms with Crippen LogP contribution >= 0.6 is 0 Å². The van der Waals surface area contributed by atoms with Crippen molar-refractivity contribution in [2.45, 2.75) is 53.4 Å². The number of hydrogen-bond donors (Lipinski definition) is 0. The van der Waals surface area contributed by atoms with Gasteiger partial charge in [0.2, 0.25) is 11.8 Å². The molecule has 0 unspecified atom stereocenters. The molecule has 1 aliphatic heterocycles. The van der Waals surface area contributed by atoms with Gasteiger partial charge in [-0.2, -0.15) is 0 Å². The molecule has 0 aliphatic carbocycles. The van der Waals surface area contributed by atoms with E-state index >= 15 is 0 Å². The zero-order valence-electron chi connectivity index (χ0n) is 13.5. The molecule has 0 radical (unpaired) electrons. The van der Waals surface area contributed by atoms with Gasteiger partial charge in [-0.1, -0.05) is 27.7 Å². The molecule has 20 heavy (non-hydrogen) atoms. The van der Waals surface area contributed by atoms with E-state index in [2.05, 4.69) is 27.7 Å². The molecule has 1 saturated heterocycles. The largest absolute Gasteiger partial charge is 0.341 e. The molecule has 4 nitrogen and oxygen atoms in total. The molecule has 0 aromatic heterocycles. The minimum absolute atomic E-state index is 0.146. The maximum absolute atomic E-state index is 12.4. The average Bonchev–Trinajstić information content (AvgIpc) is 2.64. The van der Waals surface area contributed by atoms with E-state index in [1.807, 2.05) is 9.80 Å². The second-order valence-electron chi connectivity index (χ2n) is 6.17. The molecule has 0 spiro atoms. The minimum atomic E-state index is 0.146. The minimum Gasteiger partial charge on any atom is -0.341 e. The Bertz CT molecular complexity index is 324. The molecule has 0 atom stereocenters. The lowest BCUT2D eigenvalue weighted by atomic mass is 10.0. The van der Waals surface area contributed by atoms with E-state index in [0.29, 0.717) is 25.4 Å². The monoisotopic (exact) mass is 282 g/mol. The smallest absolute Gasteiger partial charge is 0.225 e. The first-order chi connectivity index (χ1) is 9.49. The molecule has 0 aromatic rings. The van der Waals surface area contributed by atoms with E-state index in [1.54, 1.807) is 0 Å². The Balaban J connectivity index is 2.54. The normalized spacial score (nSPS) is 16.7. The fourth-order valence-corrected chi connectivity index (χ4v) is 2.76. The Hall–Kier alpha value is -1.06. The highest BCUT2D eigenvalue weighted by Gasteiger charge is 2.25. The first-order valence-electron chi connectivity index (χ1n) is 8.06. The summed E-state index contributed by atoms with van der Waals surface area (Å²) >= 11 is 0. The summed E-state index contributed by atoms with van der Waals surface area (Å²) < 4.78 is 0. The van der Waals surface area contributed by atoms with Gasteiger partial charge >= 0.3 is 0 Å². The molecular weight excluding hydrogens is 252 g/mol. The SMILES string of the molecule is CCC(CC)C(=O)N1CCCN(C(=O)CC(C)C)CC1. The Morgan fingerprint density at radius 1 is 0.950 bits per heavy atom. The number of rotatable bonds is 5. The molecular formula is C16H30N2O2. The number of amides is 2. The van der Waals surface area contributed by atoms with Crippen molar-refractivity contribution in [2.24, 2.45) is 11.8 Å². The summed E-state index contributed by atoms with van der Waals surface area (Å²) in [5.74, 6) is 1.05. The molecule has 0 saturated carbocycles. The summed E-state index contributed by atoms with van der Waals surface area (Å²) in [5.41, 5.74) is 0. The van der Waals surface area contributed by atoms with E-state index in [1.165, 1.54) is 0 Å². The fraction of sp³-hybridized carbons (Fsp3) is 0.875. The highest BCUT2D eigenvalue weighted by Crippen LogP contribution is 2.15. The van der Waals surface area contributed by atoms with Crippen LogP contribution in [0.4, 0.5) is 0 Å². The van der Waals surface area contributed by atoms with Crippen LogP contribution in [0.3, 0.4) is 0 Å². The van der Waals surface area contributed by atoms with Crippen LogP contribution < -0.4 is 0 Å². The maximum Gasteiger partial charge on any atom is 0.225 e. The highest BCUT2D eigenvalue weighted by atomic mass is 16.2. The Kier molecular flexibility index (Phi) is 7.03. The summed E-state index contributed by atoms with van der Waals surface area (Å²) in [7, 11) is 0. The van der Waals surface area contributed by atoms with Crippen LogP contribution in [0.5, 0.6) is 0 Å². The van der Waals surface area contributed by atoms with Gasteiger partial charge in [-0.05, 0) is 25.2 Å². The van der Waals surface area contributed by atoms with E-state index in [-0.39, 0.29) is 17.7 Å². The van der Waals surface area contributed by atoms with Crippen LogP contribution in [-0.2, 0) is 9.59 Å². The molecule has 2 amide bonds. The number of hydrogen-bond acceptors (Lipinski definition) is 2. The average molecular weight is 282 g/mol. The van der Waals surface area contributed by atoms with E-state index in [9.17, 15) is 9.59 Å². The molecule has 116 valence electrons. The van der Waals surface area contributed by atoms with Crippen LogP contribution in [0, 0.1) is 11.8 Å². The number of carbonyl (C=O) groups excluding carboxylic acids is 2. The Labute approximate surface area is 123 Å². The molecule has 4 heteroatoms. The zero-order chi connectivity index (χ0) is 15.1. The Morgan fingerprint density at radius 2 is 1.50 bits per heavy atom. The van der Waals surface area contributed by atoms with Gasteiger partial charge < -0.3 is 9.80 Å². The summed E-state index contributed by atoms with van der Waals surface area (Å²) in [6.45, 7) is 11.2. The quantitative estimate of drug-likeness (QED) is 0.777. The van der Waals surface area contributed by atoms with Gasteiger partial charge in [-0.3, -0.25) is 9.59 Å². The lowest BCUT2D eigenvalue weighted by molar-refractivity contribution is -0.136. The third-order valence-corrected chi connectivity index (χ3v) is 4.08. The Morgan fingerprint density at radius 3 is 2.05 bits per heavy atom. The van der Waals surface area contributed by atoms with Crippen LogP contribution in [0.15, 0.2) is 0 Å². The summed E-state index contributed by atoms with van der Waals surface area (Å²) in [4.78, 5) is 28.4. The van der Waals surface area contributed by atoms with Crippen molar-refractivity contribution in [3.05, 3.63) is 0 Å². The van der Waals surface area contributed by atoms with Gasteiger partial charge in [0.1, 0.15) is 0 Å². The zero-order valence-corrected chi connectivity index (χ0v) is 13.5. The molecule has 0 N–H and O–H groups in total. The van der Waals surface area contributed by atoms with Gasteiger partial charge in [-0.25, -0.2) is 0 Å². The number of carbonyl (C=O) groups is 2.